The van der Waals surface area contributed by atoms with Gasteiger partial charge in [-0.05, 0) is 43.9 Å². The van der Waals surface area contributed by atoms with Gasteiger partial charge in [0, 0.05) is 50.1 Å². The van der Waals surface area contributed by atoms with E-state index in [1.54, 1.807) is 11.3 Å². The molecule has 0 spiro atoms. The predicted molar refractivity (Wildman–Crippen MR) is 100 cm³/mol. The summed E-state index contributed by atoms with van der Waals surface area (Å²) in [6.07, 6.45) is 6.87. The standard InChI is InChI=1S/C19H30N4OS/c20-18-14-3-1-4-15(18)10-16(9-14)19(24)23-6-2-5-22(7-8-23)11-17-12-25-13-21-17/h12-16,18H,1-11,20H2. The van der Waals surface area contributed by atoms with E-state index in [-0.39, 0.29) is 5.92 Å². The van der Waals surface area contributed by atoms with Gasteiger partial charge in [-0.2, -0.15) is 0 Å². The van der Waals surface area contributed by atoms with Crippen molar-refractivity contribution in [3.63, 3.8) is 0 Å². The van der Waals surface area contributed by atoms with E-state index in [1.165, 1.54) is 19.3 Å². The number of carbonyl (C=O) groups is 1. The highest BCUT2D eigenvalue weighted by Gasteiger charge is 2.41. The van der Waals surface area contributed by atoms with E-state index in [0.717, 1.165) is 57.7 Å². The Labute approximate surface area is 154 Å². The van der Waals surface area contributed by atoms with Gasteiger partial charge in [0.2, 0.25) is 5.91 Å². The molecule has 138 valence electrons. The summed E-state index contributed by atoms with van der Waals surface area (Å²) in [5.41, 5.74) is 9.44. The summed E-state index contributed by atoms with van der Waals surface area (Å²) in [5.74, 6) is 1.78. The molecule has 0 aromatic carbocycles. The Morgan fingerprint density at radius 3 is 2.68 bits per heavy atom. The summed E-state index contributed by atoms with van der Waals surface area (Å²) in [6.45, 7) is 4.70. The van der Waals surface area contributed by atoms with E-state index in [1.807, 2.05) is 5.51 Å². The van der Waals surface area contributed by atoms with Crippen LogP contribution in [0.5, 0.6) is 0 Å². The van der Waals surface area contributed by atoms with Crippen molar-refractivity contribution in [2.45, 2.75) is 51.1 Å². The fourth-order valence-electron chi connectivity index (χ4n) is 5.14. The molecule has 1 aliphatic heterocycles. The van der Waals surface area contributed by atoms with Crippen molar-refractivity contribution in [3.8, 4) is 0 Å². The lowest BCUT2D eigenvalue weighted by Gasteiger charge is -2.44. The molecule has 25 heavy (non-hydrogen) atoms. The Kier molecular flexibility index (Phi) is 5.39. The van der Waals surface area contributed by atoms with Crippen LogP contribution in [0, 0.1) is 17.8 Å². The van der Waals surface area contributed by atoms with Crippen LogP contribution in [0.1, 0.15) is 44.2 Å². The normalized spacial score (nSPS) is 33.9. The number of fused-ring (bicyclic) bond motifs is 2. The summed E-state index contributed by atoms with van der Waals surface area (Å²) in [7, 11) is 0. The van der Waals surface area contributed by atoms with E-state index in [2.05, 4.69) is 20.2 Å². The van der Waals surface area contributed by atoms with Gasteiger partial charge in [0.05, 0.1) is 11.2 Å². The Morgan fingerprint density at radius 1 is 1.16 bits per heavy atom. The van der Waals surface area contributed by atoms with Crippen LogP contribution in [0.2, 0.25) is 0 Å². The van der Waals surface area contributed by atoms with Gasteiger partial charge in [0.25, 0.3) is 0 Å². The highest BCUT2D eigenvalue weighted by atomic mass is 32.1. The number of aromatic nitrogens is 1. The molecule has 1 aromatic rings. The predicted octanol–water partition coefficient (Wildman–Crippen LogP) is 2.33. The number of nitrogens with zero attached hydrogens (tertiary/aromatic N) is 3. The number of thiazole rings is 1. The zero-order chi connectivity index (χ0) is 17.2. The first-order valence-corrected chi connectivity index (χ1v) is 10.8. The lowest BCUT2D eigenvalue weighted by molar-refractivity contribution is -0.138. The molecule has 2 aliphatic carbocycles. The zero-order valence-electron chi connectivity index (χ0n) is 15.0. The summed E-state index contributed by atoms with van der Waals surface area (Å²) < 4.78 is 0. The van der Waals surface area contributed by atoms with Crippen molar-refractivity contribution < 1.29 is 4.79 Å². The number of rotatable bonds is 3. The van der Waals surface area contributed by atoms with Crippen LogP contribution >= 0.6 is 11.3 Å². The SMILES string of the molecule is NC1C2CCCC1CC(C(=O)N1CCCN(Cc3cscn3)CC1)C2. The first-order chi connectivity index (χ1) is 12.2. The average molecular weight is 363 g/mol. The van der Waals surface area contributed by atoms with Gasteiger partial charge in [0.1, 0.15) is 0 Å². The number of amides is 1. The van der Waals surface area contributed by atoms with Gasteiger partial charge in [0.15, 0.2) is 0 Å². The molecule has 1 aromatic heterocycles. The minimum Gasteiger partial charge on any atom is -0.341 e. The Hall–Kier alpha value is -0.980. The molecule has 2 N–H and O–H groups in total. The molecule has 3 fully saturated rings. The molecule has 5 nitrogen and oxygen atoms in total. The van der Waals surface area contributed by atoms with Crippen LogP contribution < -0.4 is 5.73 Å². The van der Waals surface area contributed by atoms with E-state index in [0.29, 0.717) is 23.8 Å². The molecule has 2 saturated carbocycles. The lowest BCUT2D eigenvalue weighted by atomic mass is 9.65. The van der Waals surface area contributed by atoms with Crippen molar-refractivity contribution in [2.75, 3.05) is 26.2 Å². The van der Waals surface area contributed by atoms with E-state index >= 15 is 0 Å². The third kappa shape index (κ3) is 3.91. The van der Waals surface area contributed by atoms with Crippen molar-refractivity contribution in [2.24, 2.45) is 23.5 Å². The molecule has 2 atom stereocenters. The first-order valence-electron chi connectivity index (χ1n) is 9.84. The van der Waals surface area contributed by atoms with E-state index < -0.39 is 0 Å². The quantitative estimate of drug-likeness (QED) is 0.896. The molecule has 0 radical (unpaired) electrons. The second-order valence-electron chi connectivity index (χ2n) is 8.13. The van der Waals surface area contributed by atoms with Gasteiger partial charge in [-0.1, -0.05) is 6.42 Å². The second-order valence-corrected chi connectivity index (χ2v) is 8.85. The van der Waals surface area contributed by atoms with Gasteiger partial charge < -0.3 is 10.6 Å². The maximum absolute atomic E-state index is 13.1. The Balaban J connectivity index is 1.33. The molecule has 2 heterocycles. The summed E-state index contributed by atoms with van der Waals surface area (Å²) in [6, 6.07) is 0.343. The van der Waals surface area contributed by atoms with E-state index in [9.17, 15) is 4.79 Å². The maximum Gasteiger partial charge on any atom is 0.225 e. The maximum atomic E-state index is 13.1. The fraction of sp³-hybridized carbons (Fsp3) is 0.789. The van der Waals surface area contributed by atoms with Crippen molar-refractivity contribution in [1.29, 1.82) is 0 Å². The monoisotopic (exact) mass is 362 g/mol. The van der Waals surface area contributed by atoms with E-state index in [4.69, 9.17) is 5.73 Å². The first kappa shape index (κ1) is 17.4. The van der Waals surface area contributed by atoms with Crippen LogP contribution in [0.15, 0.2) is 10.9 Å². The molecule has 3 aliphatic rings. The van der Waals surface area contributed by atoms with Gasteiger partial charge in [-0.25, -0.2) is 4.98 Å². The largest absolute Gasteiger partial charge is 0.341 e. The number of hydrogen-bond donors (Lipinski definition) is 1. The van der Waals surface area contributed by atoms with Crippen LogP contribution in [-0.2, 0) is 11.3 Å². The Bertz CT molecular complexity index is 564. The third-order valence-corrected chi connectivity index (χ3v) is 7.17. The van der Waals surface area contributed by atoms with Gasteiger partial charge >= 0.3 is 0 Å². The fourth-order valence-corrected chi connectivity index (χ4v) is 5.69. The number of hydrogen-bond acceptors (Lipinski definition) is 5. The molecule has 4 rings (SSSR count). The minimum absolute atomic E-state index is 0.222. The minimum atomic E-state index is 0.222. The van der Waals surface area contributed by atoms with Crippen LogP contribution in [0.4, 0.5) is 0 Å². The summed E-state index contributed by atoms with van der Waals surface area (Å²) >= 11 is 1.65. The van der Waals surface area contributed by atoms with Crippen LogP contribution in [0.25, 0.3) is 0 Å². The number of nitrogens with two attached hydrogens (primary N) is 1. The summed E-state index contributed by atoms with van der Waals surface area (Å²) in [5, 5.41) is 2.12. The third-order valence-electron chi connectivity index (χ3n) is 6.53. The molecule has 1 saturated heterocycles. The van der Waals surface area contributed by atoms with Crippen LogP contribution in [-0.4, -0.2) is 52.9 Å². The molecule has 6 heteroatoms. The average Bonchev–Trinajstić information content (AvgIpc) is 2.98. The smallest absolute Gasteiger partial charge is 0.225 e. The molecular formula is C19H30N4OS. The van der Waals surface area contributed by atoms with Gasteiger partial charge in [-0.15, -0.1) is 11.3 Å². The topological polar surface area (TPSA) is 62.5 Å². The molecule has 2 unspecified atom stereocenters. The highest BCUT2D eigenvalue weighted by Crippen LogP contribution is 2.42. The number of carbonyl (C=O) groups excluding carboxylic acids is 1. The van der Waals surface area contributed by atoms with Crippen LogP contribution in [0.3, 0.4) is 0 Å². The van der Waals surface area contributed by atoms with Crippen molar-refractivity contribution in [1.82, 2.24) is 14.8 Å². The second kappa shape index (κ2) is 7.72. The van der Waals surface area contributed by atoms with Crippen molar-refractivity contribution in [3.05, 3.63) is 16.6 Å². The molecular weight excluding hydrogens is 332 g/mol. The molecule has 1 amide bonds. The van der Waals surface area contributed by atoms with Gasteiger partial charge in [-0.3, -0.25) is 9.69 Å². The molecule has 2 bridgehead atoms. The Morgan fingerprint density at radius 2 is 1.96 bits per heavy atom. The zero-order valence-corrected chi connectivity index (χ0v) is 15.8. The highest BCUT2D eigenvalue weighted by molar-refractivity contribution is 7.07. The lowest BCUT2D eigenvalue weighted by Crippen LogP contribution is -2.50. The summed E-state index contributed by atoms with van der Waals surface area (Å²) in [4.78, 5) is 22.1. The van der Waals surface area contributed by atoms with Crippen molar-refractivity contribution >= 4 is 17.2 Å².